The van der Waals surface area contributed by atoms with Gasteiger partial charge in [0, 0.05) is 5.56 Å². The molecule has 0 saturated carbocycles. The molecule has 1 heterocycles. The standard InChI is InChI=1S/C13H19BrO3/c1-5-16-12(15)11-9(6-13(2,3)4)8-17-10(11)7-14/h8H,5-7H2,1-4H3. The SMILES string of the molecule is CCOC(=O)c1c(CC(C)(C)C)coc1CBr. The minimum Gasteiger partial charge on any atom is -0.467 e. The number of alkyl halides is 1. The zero-order chi connectivity index (χ0) is 13.1. The van der Waals surface area contributed by atoms with E-state index in [1.807, 2.05) is 0 Å². The first-order chi connectivity index (χ1) is 7.89. The van der Waals surface area contributed by atoms with Gasteiger partial charge in [-0.15, -0.1) is 0 Å². The zero-order valence-corrected chi connectivity index (χ0v) is 12.4. The molecule has 4 heteroatoms. The van der Waals surface area contributed by atoms with Crippen molar-refractivity contribution in [2.45, 2.75) is 39.4 Å². The highest BCUT2D eigenvalue weighted by Gasteiger charge is 2.24. The molecule has 0 fully saturated rings. The summed E-state index contributed by atoms with van der Waals surface area (Å²) in [7, 11) is 0. The molecule has 0 N–H and O–H groups in total. The van der Waals surface area contributed by atoms with E-state index in [9.17, 15) is 4.79 Å². The monoisotopic (exact) mass is 302 g/mol. The lowest BCUT2D eigenvalue weighted by atomic mass is 9.87. The average molecular weight is 303 g/mol. The van der Waals surface area contributed by atoms with Crippen LogP contribution < -0.4 is 0 Å². The molecule has 0 spiro atoms. The second-order valence-electron chi connectivity index (χ2n) is 5.15. The zero-order valence-electron chi connectivity index (χ0n) is 10.8. The number of carbonyl (C=O) groups is 1. The summed E-state index contributed by atoms with van der Waals surface area (Å²) in [4.78, 5) is 11.9. The van der Waals surface area contributed by atoms with Crippen LogP contribution in [0.3, 0.4) is 0 Å². The number of halogens is 1. The van der Waals surface area contributed by atoms with Crippen LogP contribution in [-0.2, 0) is 16.5 Å². The number of esters is 1. The van der Waals surface area contributed by atoms with Crippen molar-refractivity contribution >= 4 is 21.9 Å². The Morgan fingerprint density at radius 2 is 2.12 bits per heavy atom. The summed E-state index contributed by atoms with van der Waals surface area (Å²) < 4.78 is 10.5. The lowest BCUT2D eigenvalue weighted by Crippen LogP contribution is -2.14. The molecule has 17 heavy (non-hydrogen) atoms. The van der Waals surface area contributed by atoms with Gasteiger partial charge >= 0.3 is 5.97 Å². The van der Waals surface area contributed by atoms with Crippen LogP contribution >= 0.6 is 15.9 Å². The third-order valence-electron chi connectivity index (χ3n) is 2.27. The number of hydrogen-bond acceptors (Lipinski definition) is 3. The van der Waals surface area contributed by atoms with Gasteiger partial charge in [-0.1, -0.05) is 36.7 Å². The van der Waals surface area contributed by atoms with E-state index >= 15 is 0 Å². The summed E-state index contributed by atoms with van der Waals surface area (Å²) in [5.74, 6) is 0.345. The highest BCUT2D eigenvalue weighted by molar-refractivity contribution is 9.08. The third kappa shape index (κ3) is 3.87. The first kappa shape index (κ1) is 14.3. The molecule has 0 aromatic carbocycles. The normalized spacial score (nSPS) is 11.6. The van der Waals surface area contributed by atoms with Crippen molar-refractivity contribution in [1.82, 2.24) is 0 Å². The maximum absolute atomic E-state index is 11.9. The van der Waals surface area contributed by atoms with Crippen LogP contribution in [0.15, 0.2) is 10.7 Å². The summed E-state index contributed by atoms with van der Waals surface area (Å²) in [5, 5.41) is 0.519. The first-order valence-electron chi connectivity index (χ1n) is 5.71. The van der Waals surface area contributed by atoms with E-state index in [2.05, 4.69) is 36.7 Å². The first-order valence-corrected chi connectivity index (χ1v) is 6.83. The predicted molar refractivity (Wildman–Crippen MR) is 70.5 cm³/mol. The molecule has 0 aliphatic rings. The van der Waals surface area contributed by atoms with Gasteiger partial charge < -0.3 is 9.15 Å². The number of carbonyl (C=O) groups excluding carboxylic acids is 1. The Morgan fingerprint density at radius 3 is 2.59 bits per heavy atom. The van der Waals surface area contributed by atoms with Crippen LogP contribution in [-0.4, -0.2) is 12.6 Å². The average Bonchev–Trinajstić information content (AvgIpc) is 2.58. The summed E-state index contributed by atoms with van der Waals surface area (Å²) in [5.41, 5.74) is 1.61. The van der Waals surface area contributed by atoms with E-state index in [0.29, 0.717) is 23.3 Å². The largest absolute Gasteiger partial charge is 0.467 e. The Bertz CT molecular complexity index is 388. The topological polar surface area (TPSA) is 39.4 Å². The maximum Gasteiger partial charge on any atom is 0.342 e. The van der Waals surface area contributed by atoms with Crippen molar-refractivity contribution in [2.24, 2.45) is 5.41 Å². The van der Waals surface area contributed by atoms with Crippen LogP contribution in [0.5, 0.6) is 0 Å². The molecule has 0 aliphatic carbocycles. The van der Waals surface area contributed by atoms with E-state index in [4.69, 9.17) is 9.15 Å². The summed E-state index contributed by atoms with van der Waals surface area (Å²) >= 11 is 3.32. The molecular formula is C13H19BrO3. The van der Waals surface area contributed by atoms with Gasteiger partial charge in [-0.3, -0.25) is 0 Å². The molecule has 3 nitrogen and oxygen atoms in total. The molecule has 0 amide bonds. The molecule has 0 unspecified atom stereocenters. The fraction of sp³-hybridized carbons (Fsp3) is 0.615. The van der Waals surface area contributed by atoms with Gasteiger partial charge in [-0.05, 0) is 18.8 Å². The Kier molecular flexibility index (Phi) is 4.80. The van der Waals surface area contributed by atoms with E-state index in [0.717, 1.165) is 12.0 Å². The molecule has 1 aromatic rings. The molecule has 0 saturated heterocycles. The van der Waals surface area contributed by atoms with Crippen LogP contribution in [0.4, 0.5) is 0 Å². The summed E-state index contributed by atoms with van der Waals surface area (Å²) in [6.07, 6.45) is 2.45. The van der Waals surface area contributed by atoms with Crippen molar-refractivity contribution in [1.29, 1.82) is 0 Å². The van der Waals surface area contributed by atoms with Gasteiger partial charge in [-0.2, -0.15) is 0 Å². The number of hydrogen-bond donors (Lipinski definition) is 0. The lowest BCUT2D eigenvalue weighted by Gasteiger charge is -2.17. The molecular weight excluding hydrogens is 284 g/mol. The molecule has 1 aromatic heterocycles. The lowest BCUT2D eigenvalue weighted by molar-refractivity contribution is 0.0523. The van der Waals surface area contributed by atoms with Crippen molar-refractivity contribution in [3.63, 3.8) is 0 Å². The van der Waals surface area contributed by atoms with Gasteiger partial charge in [0.15, 0.2) is 0 Å². The Labute approximate surface area is 111 Å². The van der Waals surface area contributed by atoms with Gasteiger partial charge in [0.2, 0.25) is 0 Å². The van der Waals surface area contributed by atoms with E-state index in [1.165, 1.54) is 0 Å². The van der Waals surface area contributed by atoms with Gasteiger partial charge in [-0.25, -0.2) is 4.79 Å². The van der Waals surface area contributed by atoms with E-state index in [1.54, 1.807) is 13.2 Å². The van der Waals surface area contributed by atoms with Crippen LogP contribution in [0, 0.1) is 5.41 Å². The van der Waals surface area contributed by atoms with Crippen molar-refractivity contribution in [2.75, 3.05) is 6.61 Å². The maximum atomic E-state index is 11.9. The summed E-state index contributed by atoms with van der Waals surface area (Å²) in [6.45, 7) is 8.56. The second kappa shape index (κ2) is 5.71. The molecule has 0 bridgehead atoms. The summed E-state index contributed by atoms with van der Waals surface area (Å²) in [6, 6.07) is 0. The number of furan rings is 1. The molecule has 0 aliphatic heterocycles. The Hall–Kier alpha value is -0.770. The molecule has 0 atom stereocenters. The highest BCUT2D eigenvalue weighted by Crippen LogP contribution is 2.28. The van der Waals surface area contributed by atoms with Crippen molar-refractivity contribution in [3.8, 4) is 0 Å². The van der Waals surface area contributed by atoms with E-state index in [-0.39, 0.29) is 11.4 Å². The van der Waals surface area contributed by atoms with Crippen LogP contribution in [0.25, 0.3) is 0 Å². The number of rotatable bonds is 4. The van der Waals surface area contributed by atoms with E-state index < -0.39 is 0 Å². The Balaban J connectivity index is 3.06. The number of ether oxygens (including phenoxy) is 1. The quantitative estimate of drug-likeness (QED) is 0.625. The molecule has 96 valence electrons. The third-order valence-corrected chi connectivity index (χ3v) is 2.77. The van der Waals surface area contributed by atoms with Gasteiger partial charge in [0.05, 0.1) is 18.2 Å². The van der Waals surface area contributed by atoms with Crippen molar-refractivity contribution < 1.29 is 13.9 Å². The van der Waals surface area contributed by atoms with Gasteiger partial charge in [0.25, 0.3) is 0 Å². The molecule has 0 radical (unpaired) electrons. The second-order valence-corrected chi connectivity index (χ2v) is 5.71. The van der Waals surface area contributed by atoms with Crippen molar-refractivity contribution in [3.05, 3.63) is 23.2 Å². The van der Waals surface area contributed by atoms with Crippen LogP contribution in [0.1, 0.15) is 49.4 Å². The van der Waals surface area contributed by atoms with Crippen LogP contribution in [0.2, 0.25) is 0 Å². The minimum absolute atomic E-state index is 0.106. The Morgan fingerprint density at radius 1 is 1.47 bits per heavy atom. The fourth-order valence-electron chi connectivity index (χ4n) is 1.69. The fourth-order valence-corrected chi connectivity index (χ4v) is 2.10. The minimum atomic E-state index is -0.296. The van der Waals surface area contributed by atoms with Gasteiger partial charge in [0.1, 0.15) is 11.3 Å². The predicted octanol–water partition coefficient (Wildman–Crippen LogP) is 3.94. The smallest absolute Gasteiger partial charge is 0.342 e. The highest BCUT2D eigenvalue weighted by atomic mass is 79.9. The molecule has 1 rings (SSSR count).